The number of amides is 1. The van der Waals surface area contributed by atoms with E-state index in [1.807, 2.05) is 0 Å². The van der Waals surface area contributed by atoms with Crippen molar-refractivity contribution in [3.05, 3.63) is 41.9 Å². The van der Waals surface area contributed by atoms with Crippen LogP contribution in [0.2, 0.25) is 0 Å². The van der Waals surface area contributed by atoms with Crippen LogP contribution in [0.1, 0.15) is 24.1 Å². The Balaban J connectivity index is 1.49. The molecule has 9 nitrogen and oxygen atoms in total. The summed E-state index contributed by atoms with van der Waals surface area (Å²) >= 11 is 0. The van der Waals surface area contributed by atoms with Crippen molar-refractivity contribution in [2.75, 3.05) is 23.9 Å². The number of aromatic nitrogens is 3. The molecule has 1 aliphatic carbocycles. The topological polar surface area (TPSA) is 126 Å². The minimum absolute atomic E-state index is 0.0339. The monoisotopic (exact) mass is 493 g/mol. The highest BCUT2D eigenvalue weighted by Crippen LogP contribution is 2.35. The summed E-state index contributed by atoms with van der Waals surface area (Å²) in [5, 5.41) is 6.81. The number of rotatable bonds is 9. The van der Waals surface area contributed by atoms with Gasteiger partial charge in [0.05, 0.1) is 11.1 Å². The van der Waals surface area contributed by atoms with Crippen LogP contribution >= 0.6 is 0 Å². The maximum Gasteiger partial charge on any atom is 0.387 e. The second kappa shape index (κ2) is 9.92. The van der Waals surface area contributed by atoms with Gasteiger partial charge >= 0.3 is 6.61 Å². The Bertz CT molecular complexity index is 1280. The van der Waals surface area contributed by atoms with Crippen molar-refractivity contribution in [2.45, 2.75) is 32.3 Å². The summed E-state index contributed by atoms with van der Waals surface area (Å²) in [6, 6.07) is 6.09. The third-order valence-corrected chi connectivity index (χ3v) is 6.71. The number of carbonyl (C=O) groups excluding carboxylic acids is 1. The SMILES string of the molecule is CS(=O)(=O)CCCNC(=O)C1CCc2[nH]c3ncnc(Nc4ccc(OC(F)F)cc4)c3c2C1. The van der Waals surface area contributed by atoms with Crippen molar-refractivity contribution in [3.63, 3.8) is 0 Å². The molecule has 0 saturated heterocycles. The predicted octanol–water partition coefficient (Wildman–Crippen LogP) is 2.96. The summed E-state index contributed by atoms with van der Waals surface area (Å²) in [7, 11) is -3.06. The minimum Gasteiger partial charge on any atom is -0.435 e. The maximum atomic E-state index is 12.7. The van der Waals surface area contributed by atoms with Gasteiger partial charge in [-0.25, -0.2) is 18.4 Å². The highest BCUT2D eigenvalue weighted by molar-refractivity contribution is 7.90. The first-order chi connectivity index (χ1) is 16.2. The van der Waals surface area contributed by atoms with Gasteiger partial charge in [-0.05, 0) is 55.5 Å². The summed E-state index contributed by atoms with van der Waals surface area (Å²) in [6.07, 6.45) is 4.81. The van der Waals surface area contributed by atoms with Gasteiger partial charge < -0.3 is 20.4 Å². The molecule has 3 aromatic rings. The molecular formula is C22H25F2N5O4S. The van der Waals surface area contributed by atoms with E-state index in [1.54, 1.807) is 12.1 Å². The molecule has 1 aliphatic rings. The van der Waals surface area contributed by atoms with Crippen molar-refractivity contribution < 1.29 is 26.7 Å². The van der Waals surface area contributed by atoms with E-state index in [0.29, 0.717) is 49.4 Å². The van der Waals surface area contributed by atoms with E-state index >= 15 is 0 Å². The first kappa shape index (κ1) is 23.9. The number of alkyl halides is 2. The molecule has 2 heterocycles. The number of H-pyrrole nitrogens is 1. The van der Waals surface area contributed by atoms with Crippen molar-refractivity contribution in [1.29, 1.82) is 0 Å². The molecule has 3 N–H and O–H groups in total. The standard InChI is InChI=1S/C22H25F2N5O4S/c1-34(31,32)10-2-9-25-21(30)13-3-8-17-16(11-13)18-19(26-12-27-20(18)29-17)28-14-4-6-15(7-5-14)33-22(23)24/h4-7,12-13,22H,2-3,8-11H2,1H3,(H,25,30)(H2,26,27,28,29). The molecule has 0 spiro atoms. The van der Waals surface area contributed by atoms with Crippen LogP contribution in [0.3, 0.4) is 0 Å². The average Bonchev–Trinajstić information content (AvgIpc) is 3.15. The maximum absolute atomic E-state index is 12.7. The number of hydrogen-bond acceptors (Lipinski definition) is 7. The van der Waals surface area contributed by atoms with Crippen LogP contribution in [-0.4, -0.2) is 54.4 Å². The zero-order valence-electron chi connectivity index (χ0n) is 18.5. The van der Waals surface area contributed by atoms with Gasteiger partial charge in [-0.1, -0.05) is 0 Å². The third kappa shape index (κ3) is 5.79. The fourth-order valence-electron chi connectivity index (χ4n) is 4.11. The molecule has 1 aromatic carbocycles. The van der Waals surface area contributed by atoms with E-state index in [-0.39, 0.29) is 23.3 Å². The lowest BCUT2D eigenvalue weighted by Crippen LogP contribution is -2.35. The number of benzene rings is 1. The molecule has 0 aliphatic heterocycles. The molecule has 0 radical (unpaired) electrons. The Labute approximate surface area is 195 Å². The first-order valence-corrected chi connectivity index (χ1v) is 12.9. The van der Waals surface area contributed by atoms with Crippen LogP contribution in [0.15, 0.2) is 30.6 Å². The van der Waals surface area contributed by atoms with E-state index in [2.05, 4.69) is 30.3 Å². The fourth-order valence-corrected chi connectivity index (χ4v) is 4.78. The van der Waals surface area contributed by atoms with Gasteiger partial charge in [0.2, 0.25) is 5.91 Å². The average molecular weight is 494 g/mol. The van der Waals surface area contributed by atoms with Gasteiger partial charge in [0.15, 0.2) is 0 Å². The van der Waals surface area contributed by atoms with Crippen molar-refractivity contribution in [1.82, 2.24) is 20.3 Å². The Morgan fingerprint density at radius 3 is 2.74 bits per heavy atom. The number of nitrogens with zero attached hydrogens (tertiary/aromatic N) is 2. The lowest BCUT2D eigenvalue weighted by molar-refractivity contribution is -0.125. The molecule has 1 atom stereocenters. The molecule has 0 fully saturated rings. The lowest BCUT2D eigenvalue weighted by Gasteiger charge is -2.22. The van der Waals surface area contributed by atoms with E-state index < -0.39 is 16.4 Å². The van der Waals surface area contributed by atoms with Crippen molar-refractivity contribution >= 4 is 38.3 Å². The quantitative estimate of drug-likeness (QED) is 0.391. The predicted molar refractivity (Wildman–Crippen MR) is 123 cm³/mol. The van der Waals surface area contributed by atoms with Gasteiger partial charge in [-0.3, -0.25) is 4.79 Å². The summed E-state index contributed by atoms with van der Waals surface area (Å²) in [5.74, 6) is 0.279. The van der Waals surface area contributed by atoms with Crippen molar-refractivity contribution in [3.8, 4) is 5.75 Å². The van der Waals surface area contributed by atoms with E-state index in [1.165, 1.54) is 24.7 Å². The van der Waals surface area contributed by atoms with Gasteiger partial charge in [0.1, 0.15) is 33.4 Å². The highest BCUT2D eigenvalue weighted by atomic mass is 32.2. The van der Waals surface area contributed by atoms with Crippen LogP contribution < -0.4 is 15.4 Å². The summed E-state index contributed by atoms with van der Waals surface area (Å²) in [5.41, 5.74) is 3.24. The van der Waals surface area contributed by atoms with Crippen LogP contribution in [0.4, 0.5) is 20.3 Å². The summed E-state index contributed by atoms with van der Waals surface area (Å²) < 4.78 is 51.7. The number of nitrogens with one attached hydrogen (secondary N) is 3. The number of carbonyl (C=O) groups is 1. The number of ether oxygens (including phenoxy) is 1. The van der Waals surface area contributed by atoms with Crippen LogP contribution in [0, 0.1) is 5.92 Å². The van der Waals surface area contributed by atoms with E-state index in [0.717, 1.165) is 16.6 Å². The first-order valence-electron chi connectivity index (χ1n) is 10.8. The Morgan fingerprint density at radius 2 is 2.03 bits per heavy atom. The summed E-state index contributed by atoms with van der Waals surface area (Å²) in [4.78, 5) is 24.7. The van der Waals surface area contributed by atoms with Crippen molar-refractivity contribution in [2.24, 2.45) is 5.92 Å². The van der Waals surface area contributed by atoms with Gasteiger partial charge in [-0.15, -0.1) is 0 Å². The molecule has 0 saturated carbocycles. The second-order valence-corrected chi connectivity index (χ2v) is 10.5. The van der Waals surface area contributed by atoms with E-state index in [9.17, 15) is 22.0 Å². The Morgan fingerprint density at radius 1 is 1.26 bits per heavy atom. The number of aryl methyl sites for hydroxylation is 1. The Kier molecular flexibility index (Phi) is 6.96. The second-order valence-electron chi connectivity index (χ2n) is 8.27. The van der Waals surface area contributed by atoms with Gasteiger partial charge in [0, 0.05) is 30.1 Å². The molecule has 1 unspecified atom stereocenters. The lowest BCUT2D eigenvalue weighted by atomic mass is 9.86. The fraction of sp³-hybridized carbons (Fsp3) is 0.409. The summed E-state index contributed by atoms with van der Waals surface area (Å²) in [6.45, 7) is -2.58. The van der Waals surface area contributed by atoms with E-state index in [4.69, 9.17) is 0 Å². The largest absolute Gasteiger partial charge is 0.435 e. The molecule has 4 rings (SSSR count). The number of sulfone groups is 1. The third-order valence-electron chi connectivity index (χ3n) is 5.68. The zero-order chi connectivity index (χ0) is 24.3. The minimum atomic E-state index is -3.06. The number of halogens is 2. The molecule has 34 heavy (non-hydrogen) atoms. The van der Waals surface area contributed by atoms with Crippen LogP contribution in [-0.2, 0) is 27.5 Å². The molecule has 0 bridgehead atoms. The highest BCUT2D eigenvalue weighted by Gasteiger charge is 2.29. The van der Waals surface area contributed by atoms with Gasteiger partial charge in [0.25, 0.3) is 0 Å². The van der Waals surface area contributed by atoms with Crippen LogP contribution in [0.25, 0.3) is 11.0 Å². The number of hydrogen-bond donors (Lipinski definition) is 3. The zero-order valence-corrected chi connectivity index (χ0v) is 19.3. The Hall–Kier alpha value is -3.28. The number of anilines is 2. The van der Waals surface area contributed by atoms with Crippen LogP contribution in [0.5, 0.6) is 5.75 Å². The molecule has 12 heteroatoms. The number of fused-ring (bicyclic) bond motifs is 3. The molecular weight excluding hydrogens is 468 g/mol. The molecule has 2 aromatic heterocycles. The van der Waals surface area contributed by atoms with Gasteiger partial charge in [-0.2, -0.15) is 8.78 Å². The molecule has 1 amide bonds. The smallest absolute Gasteiger partial charge is 0.387 e. The normalized spacial score (nSPS) is 15.8. The number of aromatic amines is 1. The molecule has 182 valence electrons.